The van der Waals surface area contributed by atoms with Crippen molar-refractivity contribution in [3.8, 4) is 6.07 Å². The van der Waals surface area contributed by atoms with Crippen molar-refractivity contribution in [2.45, 2.75) is 64.0 Å². The first-order valence-electron chi connectivity index (χ1n) is 6.52. The molecule has 0 bridgehead atoms. The molecule has 0 spiro atoms. The highest BCUT2D eigenvalue weighted by atomic mass is 15.2. The number of nitrogens with zero attached hydrogens (tertiary/aromatic N) is 2. The molecule has 2 fully saturated rings. The van der Waals surface area contributed by atoms with Gasteiger partial charge in [0.1, 0.15) is 0 Å². The van der Waals surface area contributed by atoms with Crippen molar-refractivity contribution in [2.75, 3.05) is 6.54 Å². The molecule has 2 rings (SSSR count). The van der Waals surface area contributed by atoms with Crippen LogP contribution in [-0.2, 0) is 0 Å². The lowest BCUT2D eigenvalue weighted by molar-refractivity contribution is 0.0816. The summed E-state index contributed by atoms with van der Waals surface area (Å²) in [5.74, 6) is 0.317. The molecule has 1 aliphatic heterocycles. The standard InChI is InChI=1S/C13H22N2/c1-2-12-7-3-4-9-15(12)13-8-5-6-11(13)10-14/h11-13H,2-9H2,1H3. The van der Waals surface area contributed by atoms with Crippen molar-refractivity contribution in [1.29, 1.82) is 5.26 Å². The summed E-state index contributed by atoms with van der Waals surface area (Å²) in [6.07, 6.45) is 8.99. The lowest BCUT2D eigenvalue weighted by Gasteiger charge is -2.40. The minimum atomic E-state index is 0.317. The summed E-state index contributed by atoms with van der Waals surface area (Å²) in [7, 11) is 0. The van der Waals surface area contributed by atoms with Crippen LogP contribution >= 0.6 is 0 Å². The Morgan fingerprint density at radius 2 is 2.07 bits per heavy atom. The Hall–Kier alpha value is -0.550. The largest absolute Gasteiger partial charge is 0.296 e. The monoisotopic (exact) mass is 206 g/mol. The van der Waals surface area contributed by atoms with Crippen LogP contribution in [0, 0.1) is 17.2 Å². The van der Waals surface area contributed by atoms with Crippen LogP contribution in [0.5, 0.6) is 0 Å². The summed E-state index contributed by atoms with van der Waals surface area (Å²) in [5, 5.41) is 9.15. The van der Waals surface area contributed by atoms with E-state index in [1.165, 1.54) is 45.1 Å². The molecule has 0 N–H and O–H groups in total. The SMILES string of the molecule is CCC1CCCCN1C1CCCC1C#N. The summed E-state index contributed by atoms with van der Waals surface area (Å²) in [4.78, 5) is 2.66. The minimum absolute atomic E-state index is 0.317. The van der Waals surface area contributed by atoms with Crippen LogP contribution in [0.2, 0.25) is 0 Å². The zero-order valence-electron chi connectivity index (χ0n) is 9.78. The quantitative estimate of drug-likeness (QED) is 0.694. The summed E-state index contributed by atoms with van der Waals surface area (Å²) in [6, 6.07) is 3.86. The summed E-state index contributed by atoms with van der Waals surface area (Å²) in [5.41, 5.74) is 0. The van der Waals surface area contributed by atoms with Crippen LogP contribution in [0.1, 0.15) is 51.9 Å². The van der Waals surface area contributed by atoms with Gasteiger partial charge in [-0.3, -0.25) is 4.90 Å². The van der Waals surface area contributed by atoms with Crippen molar-refractivity contribution in [1.82, 2.24) is 4.90 Å². The van der Waals surface area contributed by atoms with Crippen molar-refractivity contribution >= 4 is 0 Å². The average molecular weight is 206 g/mol. The summed E-state index contributed by atoms with van der Waals surface area (Å²) < 4.78 is 0. The highest BCUT2D eigenvalue weighted by Gasteiger charge is 2.35. The molecule has 1 saturated heterocycles. The van der Waals surface area contributed by atoms with E-state index in [1.807, 2.05) is 0 Å². The number of hydrogen-bond donors (Lipinski definition) is 0. The van der Waals surface area contributed by atoms with Gasteiger partial charge in [0.15, 0.2) is 0 Å². The second-order valence-corrected chi connectivity index (χ2v) is 5.03. The third-order valence-corrected chi connectivity index (χ3v) is 4.22. The number of rotatable bonds is 2. The van der Waals surface area contributed by atoms with Crippen LogP contribution < -0.4 is 0 Å². The molecule has 1 aliphatic carbocycles. The molecule has 3 unspecified atom stereocenters. The Labute approximate surface area is 93.3 Å². The third kappa shape index (κ3) is 2.18. The van der Waals surface area contributed by atoms with E-state index in [2.05, 4.69) is 17.9 Å². The van der Waals surface area contributed by atoms with Crippen LogP contribution in [0.15, 0.2) is 0 Å². The van der Waals surface area contributed by atoms with Gasteiger partial charge in [-0.25, -0.2) is 0 Å². The van der Waals surface area contributed by atoms with E-state index in [0.29, 0.717) is 12.0 Å². The molecule has 2 heteroatoms. The van der Waals surface area contributed by atoms with Crippen molar-refractivity contribution < 1.29 is 0 Å². The van der Waals surface area contributed by atoms with Crippen molar-refractivity contribution in [2.24, 2.45) is 5.92 Å². The van der Waals surface area contributed by atoms with Gasteiger partial charge in [0.25, 0.3) is 0 Å². The van der Waals surface area contributed by atoms with Crippen molar-refractivity contribution in [3.63, 3.8) is 0 Å². The number of nitriles is 1. The zero-order valence-corrected chi connectivity index (χ0v) is 9.78. The van der Waals surface area contributed by atoms with Gasteiger partial charge in [-0.15, -0.1) is 0 Å². The Morgan fingerprint density at radius 3 is 2.80 bits per heavy atom. The van der Waals surface area contributed by atoms with Gasteiger partial charge < -0.3 is 0 Å². The van der Waals surface area contributed by atoms with E-state index >= 15 is 0 Å². The molecule has 3 atom stereocenters. The number of hydrogen-bond acceptors (Lipinski definition) is 2. The molecule has 84 valence electrons. The van der Waals surface area contributed by atoms with Crippen LogP contribution in [-0.4, -0.2) is 23.5 Å². The van der Waals surface area contributed by atoms with Crippen molar-refractivity contribution in [3.05, 3.63) is 0 Å². The Balaban J connectivity index is 2.04. The second kappa shape index (κ2) is 4.99. The summed E-state index contributed by atoms with van der Waals surface area (Å²) >= 11 is 0. The molecule has 2 nitrogen and oxygen atoms in total. The van der Waals surface area contributed by atoms with Crippen LogP contribution in [0.3, 0.4) is 0 Å². The topological polar surface area (TPSA) is 27.0 Å². The molecular weight excluding hydrogens is 184 g/mol. The predicted octanol–water partition coefficient (Wildman–Crippen LogP) is 2.94. The molecule has 0 aromatic carbocycles. The fourth-order valence-corrected chi connectivity index (χ4v) is 3.39. The number of piperidine rings is 1. The van der Waals surface area contributed by atoms with E-state index in [-0.39, 0.29) is 0 Å². The maximum Gasteiger partial charge on any atom is 0.0672 e. The van der Waals surface area contributed by atoms with Crippen LogP contribution in [0.4, 0.5) is 0 Å². The highest BCUT2D eigenvalue weighted by molar-refractivity contribution is 4.99. The van der Waals surface area contributed by atoms with Gasteiger partial charge >= 0.3 is 0 Å². The van der Waals surface area contributed by atoms with E-state index in [9.17, 15) is 0 Å². The van der Waals surface area contributed by atoms with Gasteiger partial charge in [-0.2, -0.15) is 5.26 Å². The lowest BCUT2D eigenvalue weighted by atomic mass is 9.94. The Kier molecular flexibility index (Phi) is 3.64. The van der Waals surface area contributed by atoms with Gasteiger partial charge in [0.05, 0.1) is 12.0 Å². The molecule has 2 aliphatic rings. The molecular formula is C13H22N2. The average Bonchev–Trinajstić information content (AvgIpc) is 2.76. The first kappa shape index (κ1) is 11.0. The van der Waals surface area contributed by atoms with E-state index in [0.717, 1.165) is 12.5 Å². The normalized spacial score (nSPS) is 37.7. The first-order chi connectivity index (χ1) is 7.36. The zero-order chi connectivity index (χ0) is 10.7. The Bertz CT molecular complexity index is 243. The molecule has 0 amide bonds. The predicted molar refractivity (Wildman–Crippen MR) is 61.4 cm³/mol. The molecule has 15 heavy (non-hydrogen) atoms. The Morgan fingerprint density at radius 1 is 1.20 bits per heavy atom. The summed E-state index contributed by atoms with van der Waals surface area (Å²) in [6.45, 7) is 3.53. The first-order valence-corrected chi connectivity index (χ1v) is 6.52. The van der Waals surface area contributed by atoms with Gasteiger partial charge in [0.2, 0.25) is 0 Å². The highest BCUT2D eigenvalue weighted by Crippen LogP contribution is 2.34. The van der Waals surface area contributed by atoms with E-state index in [4.69, 9.17) is 5.26 Å². The number of likely N-dealkylation sites (tertiary alicyclic amines) is 1. The van der Waals surface area contributed by atoms with E-state index in [1.54, 1.807) is 0 Å². The second-order valence-electron chi connectivity index (χ2n) is 5.03. The maximum atomic E-state index is 9.15. The molecule has 0 aromatic rings. The third-order valence-electron chi connectivity index (χ3n) is 4.22. The molecule has 1 saturated carbocycles. The molecule has 1 heterocycles. The van der Waals surface area contributed by atoms with Gasteiger partial charge in [0, 0.05) is 12.1 Å². The maximum absolute atomic E-state index is 9.15. The smallest absolute Gasteiger partial charge is 0.0672 e. The van der Waals surface area contributed by atoms with Crippen LogP contribution in [0.25, 0.3) is 0 Å². The fraction of sp³-hybridized carbons (Fsp3) is 0.923. The molecule has 0 radical (unpaired) electrons. The molecule has 0 aromatic heterocycles. The van der Waals surface area contributed by atoms with Gasteiger partial charge in [-0.1, -0.05) is 19.8 Å². The van der Waals surface area contributed by atoms with Gasteiger partial charge in [-0.05, 0) is 38.6 Å². The minimum Gasteiger partial charge on any atom is -0.296 e. The van der Waals surface area contributed by atoms with E-state index < -0.39 is 0 Å². The fourth-order valence-electron chi connectivity index (χ4n) is 3.39. The lowest BCUT2D eigenvalue weighted by Crippen LogP contribution is -2.47.